The third kappa shape index (κ3) is 4.45. The van der Waals surface area contributed by atoms with Crippen LogP contribution < -0.4 is 4.90 Å². The number of piperazine rings is 1. The van der Waals surface area contributed by atoms with Gasteiger partial charge in [-0.2, -0.15) is 0 Å². The highest BCUT2D eigenvalue weighted by Crippen LogP contribution is 2.32. The number of rotatable bonds is 3. The van der Waals surface area contributed by atoms with Crippen LogP contribution in [0.15, 0.2) is 42.6 Å². The normalized spacial score (nSPS) is 22.1. The van der Waals surface area contributed by atoms with Gasteiger partial charge in [-0.1, -0.05) is 12.1 Å². The van der Waals surface area contributed by atoms with E-state index in [9.17, 15) is 22.0 Å². The molecule has 2 aliphatic heterocycles. The highest BCUT2D eigenvalue weighted by Gasteiger charge is 2.37. The minimum atomic E-state index is -3.07. The number of hydrogen-bond acceptors (Lipinski definition) is 5. The van der Waals surface area contributed by atoms with Gasteiger partial charge >= 0.3 is 0 Å². The van der Waals surface area contributed by atoms with Crippen molar-refractivity contribution in [2.45, 2.75) is 18.9 Å². The molecule has 0 radical (unpaired) electrons. The Morgan fingerprint density at radius 3 is 2.47 bits per heavy atom. The van der Waals surface area contributed by atoms with Crippen molar-refractivity contribution in [1.29, 1.82) is 0 Å². The first kappa shape index (κ1) is 20.7. The van der Waals surface area contributed by atoms with E-state index in [0.29, 0.717) is 43.9 Å². The number of halogens is 2. The average molecular weight is 435 g/mol. The van der Waals surface area contributed by atoms with Gasteiger partial charge in [-0.25, -0.2) is 22.2 Å². The maximum atomic E-state index is 13.9. The molecule has 1 aromatic carbocycles. The molecule has 2 aromatic rings. The summed E-state index contributed by atoms with van der Waals surface area (Å²) >= 11 is 0. The Labute approximate surface area is 174 Å². The van der Waals surface area contributed by atoms with Crippen LogP contribution in [0.3, 0.4) is 0 Å². The molecule has 0 N–H and O–H groups in total. The number of carbonyl (C=O) groups is 1. The fourth-order valence-electron chi connectivity index (χ4n) is 4.18. The molecule has 0 bridgehead atoms. The van der Waals surface area contributed by atoms with Crippen LogP contribution in [0.25, 0.3) is 0 Å². The Morgan fingerprint density at radius 1 is 1.03 bits per heavy atom. The second kappa shape index (κ2) is 8.29. The topological polar surface area (TPSA) is 70.6 Å². The molecule has 2 saturated heterocycles. The zero-order valence-corrected chi connectivity index (χ0v) is 17.2. The van der Waals surface area contributed by atoms with Gasteiger partial charge in [-0.05, 0) is 42.7 Å². The molecular formula is C21H23F2N3O3S. The number of benzene rings is 1. The Hall–Kier alpha value is -2.55. The molecular weight excluding hydrogens is 412 g/mol. The number of nitrogens with zero attached hydrogens (tertiary/aromatic N) is 3. The van der Waals surface area contributed by atoms with E-state index in [4.69, 9.17) is 0 Å². The summed E-state index contributed by atoms with van der Waals surface area (Å²) < 4.78 is 50.6. The van der Waals surface area contributed by atoms with Crippen molar-refractivity contribution in [3.63, 3.8) is 0 Å². The summed E-state index contributed by atoms with van der Waals surface area (Å²) in [6.45, 7) is 1.28. The predicted octanol–water partition coefficient (Wildman–Crippen LogP) is 2.57. The fourth-order valence-corrected chi connectivity index (χ4v) is 5.67. The first-order chi connectivity index (χ1) is 14.3. The summed E-state index contributed by atoms with van der Waals surface area (Å²) in [7, 11) is -3.07. The largest absolute Gasteiger partial charge is 0.352 e. The van der Waals surface area contributed by atoms with Gasteiger partial charge in [0.1, 0.15) is 27.3 Å². The molecule has 0 aliphatic carbocycles. The van der Waals surface area contributed by atoms with Crippen molar-refractivity contribution >= 4 is 21.6 Å². The van der Waals surface area contributed by atoms with Crippen molar-refractivity contribution in [1.82, 2.24) is 9.88 Å². The van der Waals surface area contributed by atoms with Crippen molar-refractivity contribution in [3.8, 4) is 0 Å². The fraction of sp³-hybridized carbons (Fsp3) is 0.429. The predicted molar refractivity (Wildman–Crippen MR) is 109 cm³/mol. The zero-order chi connectivity index (χ0) is 21.3. The number of anilines is 1. The lowest BCUT2D eigenvalue weighted by atomic mass is 9.96. The summed E-state index contributed by atoms with van der Waals surface area (Å²) in [5.74, 6) is -0.622. The van der Waals surface area contributed by atoms with E-state index in [-0.39, 0.29) is 29.1 Å². The number of hydrogen-bond donors (Lipinski definition) is 0. The standard InChI is InChI=1S/C21H23F2N3O3S/c22-17-3-1-2-16(12-17)19-14-25(20-5-4-18(23)13-24-20)8-9-26(19)21(27)15-6-10-30(28,29)11-7-15/h1-5,12-13,15,19H,6-11,14H2. The first-order valence-electron chi connectivity index (χ1n) is 9.95. The van der Waals surface area contributed by atoms with Crippen LogP contribution in [0.2, 0.25) is 0 Å². The molecule has 2 aliphatic rings. The quantitative estimate of drug-likeness (QED) is 0.741. The lowest BCUT2D eigenvalue weighted by Gasteiger charge is -2.43. The monoisotopic (exact) mass is 435 g/mol. The average Bonchev–Trinajstić information content (AvgIpc) is 2.73. The molecule has 1 unspecified atom stereocenters. The Bertz CT molecular complexity index is 1020. The van der Waals surface area contributed by atoms with E-state index in [0.717, 1.165) is 6.20 Å². The molecule has 3 heterocycles. The number of aromatic nitrogens is 1. The van der Waals surface area contributed by atoms with Gasteiger partial charge in [0.2, 0.25) is 5.91 Å². The molecule has 0 spiro atoms. The van der Waals surface area contributed by atoms with E-state index in [1.807, 2.05) is 4.90 Å². The minimum Gasteiger partial charge on any atom is -0.352 e. The SMILES string of the molecule is O=C(C1CCS(=O)(=O)CC1)N1CCN(c2ccc(F)cn2)CC1c1cccc(F)c1. The van der Waals surface area contributed by atoms with Crippen molar-refractivity contribution in [2.75, 3.05) is 36.0 Å². The van der Waals surface area contributed by atoms with Crippen LogP contribution in [0.4, 0.5) is 14.6 Å². The molecule has 2 fully saturated rings. The van der Waals surface area contributed by atoms with Crippen LogP contribution in [-0.4, -0.2) is 55.3 Å². The highest BCUT2D eigenvalue weighted by molar-refractivity contribution is 7.91. The summed E-state index contributed by atoms with van der Waals surface area (Å²) in [6.07, 6.45) is 1.78. The highest BCUT2D eigenvalue weighted by atomic mass is 32.2. The number of pyridine rings is 1. The third-order valence-corrected chi connectivity index (χ3v) is 7.55. The van der Waals surface area contributed by atoms with Gasteiger partial charge in [0, 0.05) is 25.6 Å². The van der Waals surface area contributed by atoms with Crippen LogP contribution >= 0.6 is 0 Å². The van der Waals surface area contributed by atoms with E-state index < -0.39 is 21.7 Å². The molecule has 9 heteroatoms. The second-order valence-corrected chi connectivity index (χ2v) is 10.1. The molecule has 30 heavy (non-hydrogen) atoms. The van der Waals surface area contributed by atoms with Gasteiger partial charge in [-0.3, -0.25) is 4.79 Å². The van der Waals surface area contributed by atoms with Gasteiger partial charge < -0.3 is 9.80 Å². The van der Waals surface area contributed by atoms with Crippen molar-refractivity contribution in [3.05, 3.63) is 59.8 Å². The molecule has 6 nitrogen and oxygen atoms in total. The third-order valence-electron chi connectivity index (χ3n) is 5.84. The van der Waals surface area contributed by atoms with E-state index in [2.05, 4.69) is 4.98 Å². The van der Waals surface area contributed by atoms with Gasteiger partial charge in [-0.15, -0.1) is 0 Å². The van der Waals surface area contributed by atoms with Gasteiger partial charge in [0.25, 0.3) is 0 Å². The zero-order valence-electron chi connectivity index (χ0n) is 16.4. The summed E-state index contributed by atoms with van der Waals surface area (Å²) in [5, 5.41) is 0. The molecule has 1 aromatic heterocycles. The molecule has 1 atom stereocenters. The summed E-state index contributed by atoms with van der Waals surface area (Å²) in [5.41, 5.74) is 0.665. The smallest absolute Gasteiger partial charge is 0.226 e. The van der Waals surface area contributed by atoms with Gasteiger partial charge in [0.05, 0.1) is 23.7 Å². The number of sulfone groups is 1. The molecule has 1 amide bonds. The first-order valence-corrected chi connectivity index (χ1v) is 11.8. The van der Waals surface area contributed by atoms with Crippen LogP contribution in [-0.2, 0) is 14.6 Å². The van der Waals surface area contributed by atoms with E-state index >= 15 is 0 Å². The number of amides is 1. The Balaban J connectivity index is 1.59. The van der Waals surface area contributed by atoms with E-state index in [1.54, 1.807) is 23.1 Å². The van der Waals surface area contributed by atoms with Crippen molar-refractivity contribution < 1.29 is 22.0 Å². The van der Waals surface area contributed by atoms with Crippen LogP contribution in [0.1, 0.15) is 24.4 Å². The lowest BCUT2D eigenvalue weighted by molar-refractivity contribution is -0.138. The van der Waals surface area contributed by atoms with E-state index in [1.165, 1.54) is 18.2 Å². The maximum Gasteiger partial charge on any atom is 0.226 e. The molecule has 0 saturated carbocycles. The van der Waals surface area contributed by atoms with Gasteiger partial charge in [0.15, 0.2) is 0 Å². The Kier molecular flexibility index (Phi) is 5.73. The Morgan fingerprint density at radius 2 is 1.80 bits per heavy atom. The van der Waals surface area contributed by atoms with Crippen molar-refractivity contribution in [2.24, 2.45) is 5.92 Å². The van der Waals surface area contributed by atoms with Crippen LogP contribution in [0, 0.1) is 17.6 Å². The van der Waals surface area contributed by atoms with Crippen LogP contribution in [0.5, 0.6) is 0 Å². The summed E-state index contributed by atoms with van der Waals surface area (Å²) in [6, 6.07) is 8.66. The maximum absolute atomic E-state index is 13.9. The molecule has 4 rings (SSSR count). The lowest BCUT2D eigenvalue weighted by Crippen LogP contribution is -2.53. The minimum absolute atomic E-state index is 0.0213. The second-order valence-electron chi connectivity index (χ2n) is 7.81. The molecule has 160 valence electrons. The number of carbonyl (C=O) groups excluding carboxylic acids is 1. The summed E-state index contributed by atoms with van der Waals surface area (Å²) in [4.78, 5) is 21.1.